The van der Waals surface area contributed by atoms with E-state index >= 15 is 0 Å². The van der Waals surface area contributed by atoms with Crippen molar-refractivity contribution >= 4 is 23.2 Å². The van der Waals surface area contributed by atoms with Crippen molar-refractivity contribution in [3.05, 3.63) is 76.8 Å². The number of nitrogens with one attached hydrogen (secondary N) is 1. The molecule has 162 valence electrons. The van der Waals surface area contributed by atoms with Crippen molar-refractivity contribution in [2.75, 3.05) is 33.3 Å². The van der Waals surface area contributed by atoms with Crippen LogP contribution in [0.25, 0.3) is 0 Å². The van der Waals surface area contributed by atoms with Gasteiger partial charge in [0.1, 0.15) is 5.75 Å². The van der Waals surface area contributed by atoms with E-state index in [-0.39, 0.29) is 12.5 Å². The van der Waals surface area contributed by atoms with Crippen molar-refractivity contribution in [3.63, 3.8) is 0 Å². The first-order valence-corrected chi connectivity index (χ1v) is 9.97. The van der Waals surface area contributed by atoms with Crippen LogP contribution in [0.5, 0.6) is 23.0 Å². The van der Waals surface area contributed by atoms with E-state index in [0.717, 1.165) is 11.1 Å². The number of anilines is 1. The Labute approximate surface area is 186 Å². The first-order valence-electron chi connectivity index (χ1n) is 9.59. The molecular weight excluding hydrogens is 418 g/mol. The lowest BCUT2D eigenvalue weighted by Crippen LogP contribution is -2.20. The van der Waals surface area contributed by atoms with Gasteiger partial charge in [0.25, 0.3) is 5.91 Å². The minimum absolute atomic E-state index is 0.167. The molecule has 0 heterocycles. The van der Waals surface area contributed by atoms with E-state index in [9.17, 15) is 4.79 Å². The molecule has 0 unspecified atom stereocenters. The second-order valence-electron chi connectivity index (χ2n) is 6.67. The van der Waals surface area contributed by atoms with Gasteiger partial charge in [-0.1, -0.05) is 41.9 Å². The third-order valence-electron chi connectivity index (χ3n) is 4.57. The topological polar surface area (TPSA) is 66.0 Å². The molecule has 0 fully saturated rings. The lowest BCUT2D eigenvalue weighted by atomic mass is 10.0. The number of halogens is 1. The van der Waals surface area contributed by atoms with E-state index in [0.29, 0.717) is 40.1 Å². The van der Waals surface area contributed by atoms with Gasteiger partial charge in [0, 0.05) is 29.3 Å². The van der Waals surface area contributed by atoms with Crippen molar-refractivity contribution in [1.82, 2.24) is 0 Å². The number of benzene rings is 3. The predicted octanol–water partition coefficient (Wildman–Crippen LogP) is 4.97. The predicted molar refractivity (Wildman–Crippen MR) is 121 cm³/mol. The summed E-state index contributed by atoms with van der Waals surface area (Å²) in [5.41, 5.74) is 2.53. The lowest BCUT2D eigenvalue weighted by Gasteiger charge is -2.15. The van der Waals surface area contributed by atoms with E-state index < -0.39 is 0 Å². The van der Waals surface area contributed by atoms with Gasteiger partial charge in [-0.2, -0.15) is 0 Å². The highest BCUT2D eigenvalue weighted by molar-refractivity contribution is 6.30. The van der Waals surface area contributed by atoms with Crippen LogP contribution in [0.4, 0.5) is 5.69 Å². The number of hydrogen-bond acceptors (Lipinski definition) is 5. The fourth-order valence-corrected chi connectivity index (χ4v) is 3.33. The van der Waals surface area contributed by atoms with Crippen molar-refractivity contribution in [1.29, 1.82) is 0 Å². The Kier molecular flexibility index (Phi) is 7.62. The molecule has 0 saturated heterocycles. The monoisotopic (exact) mass is 441 g/mol. The number of ether oxygens (including phenoxy) is 4. The second-order valence-corrected chi connectivity index (χ2v) is 7.10. The molecule has 0 saturated carbocycles. The van der Waals surface area contributed by atoms with Crippen molar-refractivity contribution in [2.24, 2.45) is 0 Å². The number of carbonyl (C=O) groups excluding carboxylic acids is 1. The molecule has 0 aromatic heterocycles. The molecule has 0 bridgehead atoms. The van der Waals surface area contributed by atoms with Crippen LogP contribution in [0.1, 0.15) is 11.1 Å². The molecule has 0 aliphatic carbocycles. The van der Waals surface area contributed by atoms with E-state index in [4.69, 9.17) is 30.5 Å². The molecule has 1 amide bonds. The molecule has 7 heteroatoms. The summed E-state index contributed by atoms with van der Waals surface area (Å²) in [6.07, 6.45) is 0.644. The highest BCUT2D eigenvalue weighted by Gasteiger charge is 2.15. The van der Waals surface area contributed by atoms with Gasteiger partial charge >= 0.3 is 0 Å². The molecule has 1 N–H and O–H groups in total. The summed E-state index contributed by atoms with van der Waals surface area (Å²) in [5.74, 6) is 1.62. The Morgan fingerprint density at radius 3 is 2.16 bits per heavy atom. The van der Waals surface area contributed by atoms with Gasteiger partial charge in [-0.15, -0.1) is 0 Å². The van der Waals surface area contributed by atoms with Crippen LogP contribution < -0.4 is 24.3 Å². The Bertz CT molecular complexity index is 1010. The van der Waals surface area contributed by atoms with Gasteiger partial charge in [-0.25, -0.2) is 0 Å². The summed E-state index contributed by atoms with van der Waals surface area (Å²) in [6, 6.07) is 18.6. The van der Waals surface area contributed by atoms with Crippen LogP contribution in [-0.4, -0.2) is 33.8 Å². The first kappa shape index (κ1) is 22.3. The van der Waals surface area contributed by atoms with Gasteiger partial charge in [0.05, 0.1) is 21.3 Å². The van der Waals surface area contributed by atoms with Crippen LogP contribution in [0.3, 0.4) is 0 Å². The highest BCUT2D eigenvalue weighted by atomic mass is 35.5. The summed E-state index contributed by atoms with van der Waals surface area (Å²) in [4.78, 5) is 12.5. The third-order valence-corrected chi connectivity index (χ3v) is 4.80. The van der Waals surface area contributed by atoms with Gasteiger partial charge in [0.2, 0.25) is 5.75 Å². The zero-order valence-electron chi connectivity index (χ0n) is 17.6. The van der Waals surface area contributed by atoms with E-state index in [1.54, 1.807) is 24.3 Å². The van der Waals surface area contributed by atoms with Gasteiger partial charge in [0.15, 0.2) is 18.1 Å². The maximum atomic E-state index is 12.5. The average molecular weight is 442 g/mol. The number of methoxy groups -OCH3 is 3. The summed E-state index contributed by atoms with van der Waals surface area (Å²) >= 11 is 6.17. The van der Waals surface area contributed by atoms with Gasteiger partial charge in [-0.05, 0) is 29.3 Å². The smallest absolute Gasteiger partial charge is 0.262 e. The average Bonchev–Trinajstić information content (AvgIpc) is 2.78. The number of amides is 1. The normalized spacial score (nSPS) is 10.3. The van der Waals surface area contributed by atoms with Crippen LogP contribution in [0.15, 0.2) is 60.7 Å². The standard InChI is InChI=1S/C24H24ClNO5/c1-28-21-13-19(14-22(29-2)24(21)30-3)26-23(27)15-31-20-10-9-18(25)12-17(20)11-16-7-5-4-6-8-16/h4-10,12-14H,11,15H2,1-3H3,(H,26,27). The van der Waals surface area contributed by atoms with Crippen LogP contribution in [0.2, 0.25) is 5.02 Å². The van der Waals surface area contributed by atoms with Gasteiger partial charge in [-0.3, -0.25) is 4.79 Å². The maximum absolute atomic E-state index is 12.5. The van der Waals surface area contributed by atoms with Crippen LogP contribution in [-0.2, 0) is 11.2 Å². The Hall–Kier alpha value is -3.38. The molecule has 0 spiro atoms. The maximum Gasteiger partial charge on any atom is 0.262 e. The van der Waals surface area contributed by atoms with Crippen molar-refractivity contribution < 1.29 is 23.7 Å². The molecule has 0 aliphatic rings. The third kappa shape index (κ3) is 5.83. The minimum atomic E-state index is -0.324. The molecule has 31 heavy (non-hydrogen) atoms. The molecule has 6 nitrogen and oxygen atoms in total. The zero-order chi connectivity index (χ0) is 22.2. The Morgan fingerprint density at radius 2 is 1.55 bits per heavy atom. The number of rotatable bonds is 9. The number of hydrogen-bond donors (Lipinski definition) is 1. The number of carbonyl (C=O) groups is 1. The largest absolute Gasteiger partial charge is 0.493 e. The van der Waals surface area contributed by atoms with E-state index in [1.807, 2.05) is 36.4 Å². The van der Waals surface area contributed by atoms with Crippen molar-refractivity contribution in [2.45, 2.75) is 6.42 Å². The van der Waals surface area contributed by atoms with E-state index in [2.05, 4.69) is 5.32 Å². The summed E-state index contributed by atoms with van der Waals surface area (Å²) < 4.78 is 21.7. The zero-order valence-corrected chi connectivity index (χ0v) is 18.4. The Morgan fingerprint density at radius 1 is 0.871 bits per heavy atom. The molecule has 3 rings (SSSR count). The molecule has 3 aromatic rings. The van der Waals surface area contributed by atoms with E-state index in [1.165, 1.54) is 21.3 Å². The molecule has 0 atom stereocenters. The highest BCUT2D eigenvalue weighted by Crippen LogP contribution is 2.39. The quantitative estimate of drug-likeness (QED) is 0.507. The fraction of sp³-hybridized carbons (Fsp3) is 0.208. The molecule has 3 aromatic carbocycles. The fourth-order valence-electron chi connectivity index (χ4n) is 3.14. The molecule has 0 aliphatic heterocycles. The summed E-state index contributed by atoms with van der Waals surface area (Å²) in [5, 5.41) is 3.40. The lowest BCUT2D eigenvalue weighted by molar-refractivity contribution is -0.118. The summed E-state index contributed by atoms with van der Waals surface area (Å²) in [7, 11) is 4.55. The van der Waals surface area contributed by atoms with Crippen LogP contribution in [0, 0.1) is 0 Å². The second kappa shape index (κ2) is 10.6. The summed E-state index contributed by atoms with van der Waals surface area (Å²) in [6.45, 7) is -0.167. The SMILES string of the molecule is COc1cc(NC(=O)COc2ccc(Cl)cc2Cc2ccccc2)cc(OC)c1OC. The van der Waals surface area contributed by atoms with Crippen molar-refractivity contribution in [3.8, 4) is 23.0 Å². The Balaban J connectivity index is 1.70. The minimum Gasteiger partial charge on any atom is -0.493 e. The first-order chi connectivity index (χ1) is 15.0. The van der Waals surface area contributed by atoms with Gasteiger partial charge < -0.3 is 24.3 Å². The molecule has 0 radical (unpaired) electrons. The molecular formula is C24H24ClNO5. The van der Waals surface area contributed by atoms with Crippen LogP contribution >= 0.6 is 11.6 Å².